The van der Waals surface area contributed by atoms with Gasteiger partial charge in [0.15, 0.2) is 0 Å². The lowest BCUT2D eigenvalue weighted by Crippen LogP contribution is -2.48. The monoisotopic (exact) mass is 253 g/mol. The molecule has 1 aromatic carbocycles. The van der Waals surface area contributed by atoms with Gasteiger partial charge in [-0.2, -0.15) is 0 Å². The zero-order valence-corrected chi connectivity index (χ0v) is 9.90. The molecule has 1 saturated carbocycles. The summed E-state index contributed by atoms with van der Waals surface area (Å²) >= 11 is 0. The summed E-state index contributed by atoms with van der Waals surface area (Å²) in [6, 6.07) is 3.80. The predicted octanol–water partition coefficient (Wildman–Crippen LogP) is 1.78. The highest BCUT2D eigenvalue weighted by atomic mass is 19.1. The van der Waals surface area contributed by atoms with Crippen LogP contribution in [-0.4, -0.2) is 18.1 Å². The van der Waals surface area contributed by atoms with Crippen molar-refractivity contribution in [3.8, 4) is 5.75 Å². The smallest absolute Gasteiger partial charge is 0.217 e. The van der Waals surface area contributed by atoms with Gasteiger partial charge in [-0.25, -0.2) is 4.39 Å². The molecule has 2 N–H and O–H groups in total. The van der Waals surface area contributed by atoms with Crippen LogP contribution in [0.5, 0.6) is 5.75 Å². The third-order valence-corrected chi connectivity index (χ3v) is 2.85. The van der Waals surface area contributed by atoms with Crippen LogP contribution in [0.3, 0.4) is 0 Å². The van der Waals surface area contributed by atoms with Crippen molar-refractivity contribution in [1.29, 1.82) is 0 Å². The molecule has 0 heterocycles. The highest BCUT2D eigenvalue weighted by molar-refractivity contribution is 5.73. The maximum absolute atomic E-state index is 13.0. The Labute approximate surface area is 104 Å². The molecular weight excluding hydrogens is 239 g/mol. The van der Waals surface area contributed by atoms with Gasteiger partial charge in [0.1, 0.15) is 17.7 Å². The molecule has 0 spiro atoms. The van der Waals surface area contributed by atoms with Crippen molar-refractivity contribution in [1.82, 2.24) is 5.32 Å². The van der Waals surface area contributed by atoms with Crippen LogP contribution in [0.2, 0.25) is 0 Å². The first-order valence-corrected chi connectivity index (χ1v) is 5.70. The van der Waals surface area contributed by atoms with Crippen molar-refractivity contribution in [3.63, 3.8) is 0 Å². The Hall–Kier alpha value is -1.82. The Balaban J connectivity index is 1.91. The van der Waals surface area contributed by atoms with Crippen LogP contribution < -0.4 is 15.5 Å². The molecular formula is C12H14FN2O3-. The number of anilines is 1. The van der Waals surface area contributed by atoms with Crippen molar-refractivity contribution >= 4 is 11.6 Å². The largest absolute Gasteiger partial charge is 0.761 e. The first-order chi connectivity index (χ1) is 8.58. The van der Waals surface area contributed by atoms with Crippen molar-refractivity contribution in [3.05, 3.63) is 29.2 Å². The number of hydrogen-bond donors (Lipinski definition) is 2. The molecule has 1 aliphatic carbocycles. The molecule has 0 saturated heterocycles. The summed E-state index contributed by atoms with van der Waals surface area (Å²) in [5.74, 6) is -0.330. The van der Waals surface area contributed by atoms with Gasteiger partial charge in [0.25, 0.3) is 0 Å². The summed E-state index contributed by atoms with van der Waals surface area (Å²) in [4.78, 5) is 10.8. The molecule has 5 nitrogen and oxygen atoms in total. The molecule has 18 heavy (non-hydrogen) atoms. The minimum atomic E-state index is -0.457. The molecule has 1 aromatic rings. The summed E-state index contributed by atoms with van der Waals surface area (Å²) in [7, 11) is 0. The van der Waals surface area contributed by atoms with E-state index < -0.39 is 5.82 Å². The van der Waals surface area contributed by atoms with Gasteiger partial charge >= 0.3 is 0 Å². The van der Waals surface area contributed by atoms with Crippen molar-refractivity contribution in [2.45, 2.75) is 31.9 Å². The number of ether oxygens (including phenoxy) is 1. The fraction of sp³-hybridized carbons (Fsp3) is 0.417. The third-order valence-electron chi connectivity index (χ3n) is 2.85. The number of hydrogen-bond acceptors (Lipinski definition) is 4. The van der Waals surface area contributed by atoms with Crippen molar-refractivity contribution in [2.75, 3.05) is 5.48 Å². The van der Waals surface area contributed by atoms with E-state index in [1.54, 1.807) is 5.48 Å². The van der Waals surface area contributed by atoms with Crippen LogP contribution in [0, 0.1) is 11.0 Å². The van der Waals surface area contributed by atoms with Crippen LogP contribution in [0.25, 0.3) is 0 Å². The first kappa shape index (κ1) is 12.6. The average Bonchev–Trinajstić information content (AvgIpc) is 2.26. The Morgan fingerprint density at radius 2 is 2.22 bits per heavy atom. The fourth-order valence-corrected chi connectivity index (χ4v) is 1.92. The number of nitrogens with one attached hydrogen (secondary N) is 2. The van der Waals surface area contributed by atoms with Crippen molar-refractivity contribution < 1.29 is 13.9 Å². The first-order valence-electron chi connectivity index (χ1n) is 5.70. The molecule has 2 rings (SSSR count). The molecule has 1 amide bonds. The van der Waals surface area contributed by atoms with Gasteiger partial charge in [-0.1, -0.05) is 0 Å². The van der Waals surface area contributed by atoms with Crippen LogP contribution >= 0.6 is 0 Å². The molecule has 0 aliphatic heterocycles. The maximum atomic E-state index is 13.0. The zero-order chi connectivity index (χ0) is 13.1. The third kappa shape index (κ3) is 2.89. The lowest BCUT2D eigenvalue weighted by atomic mass is 9.89. The molecule has 0 unspecified atom stereocenters. The van der Waals surface area contributed by atoms with Crippen LogP contribution in [0.4, 0.5) is 10.1 Å². The number of carbonyl (C=O) groups excluding carboxylic acids is 1. The SMILES string of the molecule is CC(=O)NC1CC(Oc2cc(F)ccc2N[O-])C1. The normalized spacial score (nSPS) is 21.9. The molecule has 0 aromatic heterocycles. The number of rotatable bonds is 4. The van der Waals surface area contributed by atoms with Gasteiger partial charge in [0.2, 0.25) is 5.91 Å². The van der Waals surface area contributed by atoms with E-state index >= 15 is 0 Å². The van der Waals surface area contributed by atoms with E-state index in [4.69, 9.17) is 4.74 Å². The summed E-state index contributed by atoms with van der Waals surface area (Å²) in [6.07, 6.45) is 1.22. The predicted molar refractivity (Wildman–Crippen MR) is 64.6 cm³/mol. The minimum Gasteiger partial charge on any atom is -0.761 e. The Kier molecular flexibility index (Phi) is 3.66. The van der Waals surface area contributed by atoms with E-state index in [0.29, 0.717) is 12.8 Å². The lowest BCUT2D eigenvalue weighted by Gasteiger charge is -2.36. The van der Waals surface area contributed by atoms with Crippen LogP contribution in [-0.2, 0) is 4.79 Å². The Morgan fingerprint density at radius 3 is 2.83 bits per heavy atom. The number of amides is 1. The highest BCUT2D eigenvalue weighted by Crippen LogP contribution is 2.31. The molecule has 0 bridgehead atoms. The van der Waals surface area contributed by atoms with Crippen molar-refractivity contribution in [2.24, 2.45) is 0 Å². The van der Waals surface area contributed by atoms with Gasteiger partial charge < -0.3 is 20.7 Å². The van der Waals surface area contributed by atoms with Gasteiger partial charge in [-0.15, -0.1) is 0 Å². The van der Waals surface area contributed by atoms with Crippen LogP contribution in [0.1, 0.15) is 19.8 Å². The summed E-state index contributed by atoms with van der Waals surface area (Å²) < 4.78 is 18.5. The quantitative estimate of drug-likeness (QED) is 0.802. The van der Waals surface area contributed by atoms with Gasteiger partial charge in [-0.05, 0) is 12.1 Å². The van der Waals surface area contributed by atoms with Gasteiger partial charge in [0.05, 0.1) is 5.69 Å². The van der Waals surface area contributed by atoms with E-state index in [9.17, 15) is 14.4 Å². The standard InChI is InChI=1S/C12H14FN2O3/c1-7(16)14-9-5-10(6-9)18-12-4-8(13)2-3-11(12)15-17/h2-4,9-10,15H,5-6H2,1H3,(H,14,16)/q-1. The summed E-state index contributed by atoms with van der Waals surface area (Å²) in [5.41, 5.74) is 1.92. The number of benzene rings is 1. The minimum absolute atomic E-state index is 0.0777. The Bertz CT molecular complexity index is 447. The maximum Gasteiger partial charge on any atom is 0.217 e. The zero-order valence-electron chi connectivity index (χ0n) is 9.90. The molecule has 1 aliphatic rings. The second-order valence-electron chi connectivity index (χ2n) is 4.35. The van der Waals surface area contributed by atoms with Gasteiger partial charge in [0, 0.05) is 31.9 Å². The van der Waals surface area contributed by atoms with E-state index in [0.717, 1.165) is 0 Å². The topological polar surface area (TPSA) is 73.4 Å². The molecule has 1 fully saturated rings. The highest BCUT2D eigenvalue weighted by Gasteiger charge is 2.31. The molecule has 6 heteroatoms. The van der Waals surface area contributed by atoms with Gasteiger partial charge in [-0.3, -0.25) is 4.79 Å². The van der Waals surface area contributed by atoms with E-state index in [2.05, 4.69) is 5.32 Å². The molecule has 98 valence electrons. The number of carbonyl (C=O) groups is 1. The van der Waals surface area contributed by atoms with E-state index in [1.807, 2.05) is 0 Å². The summed E-state index contributed by atoms with van der Waals surface area (Å²) in [6.45, 7) is 1.46. The molecule has 0 atom stereocenters. The average molecular weight is 253 g/mol. The van der Waals surface area contributed by atoms with E-state index in [-0.39, 0.29) is 29.5 Å². The van der Waals surface area contributed by atoms with Crippen LogP contribution in [0.15, 0.2) is 18.2 Å². The molecule has 0 radical (unpaired) electrons. The second-order valence-corrected chi connectivity index (χ2v) is 4.35. The fourth-order valence-electron chi connectivity index (χ4n) is 1.92. The van der Waals surface area contributed by atoms with E-state index in [1.165, 1.54) is 25.1 Å². The summed E-state index contributed by atoms with van der Waals surface area (Å²) in [5, 5.41) is 13.4. The number of halogens is 1. The Morgan fingerprint density at radius 1 is 1.50 bits per heavy atom. The lowest BCUT2D eigenvalue weighted by molar-refractivity contribution is -0.120. The second kappa shape index (κ2) is 5.22.